The summed E-state index contributed by atoms with van der Waals surface area (Å²) < 4.78 is 10.6. The highest BCUT2D eigenvalue weighted by atomic mass is 16.6. The Labute approximate surface area is 54.3 Å². The first kappa shape index (κ1) is 5.65. The van der Waals surface area contributed by atoms with Gasteiger partial charge in [-0.15, -0.1) is 0 Å². The van der Waals surface area contributed by atoms with Gasteiger partial charge in [0.1, 0.15) is 0 Å². The van der Waals surface area contributed by atoms with Gasteiger partial charge in [0.2, 0.25) is 0 Å². The normalized spacial score (nSPS) is 39.0. The van der Waals surface area contributed by atoms with Crippen molar-refractivity contribution in [3.63, 3.8) is 0 Å². The number of nitrogens with one attached hydrogen (secondary N) is 1. The van der Waals surface area contributed by atoms with Gasteiger partial charge in [-0.2, -0.15) is 0 Å². The summed E-state index contributed by atoms with van der Waals surface area (Å²) in [6.07, 6.45) is 0.355. The largest absolute Gasteiger partial charge is 0.372 e. The van der Waals surface area contributed by atoms with Crippen molar-refractivity contribution in [1.82, 2.24) is 5.32 Å². The molecule has 2 rings (SSSR count). The van der Waals surface area contributed by atoms with Crippen LogP contribution in [-0.4, -0.2) is 31.6 Å². The van der Waals surface area contributed by atoms with Crippen LogP contribution in [0.15, 0.2) is 0 Å². The summed E-state index contributed by atoms with van der Waals surface area (Å²) in [4.78, 5) is 0. The van der Waals surface area contributed by atoms with Crippen molar-refractivity contribution in [1.29, 1.82) is 0 Å². The summed E-state index contributed by atoms with van der Waals surface area (Å²) >= 11 is 0. The third-order valence-electron chi connectivity index (χ3n) is 1.81. The van der Waals surface area contributed by atoms with Gasteiger partial charge in [0.25, 0.3) is 0 Å². The maximum Gasteiger partial charge on any atom is 0.166 e. The second-order valence-corrected chi connectivity index (χ2v) is 2.80. The monoisotopic (exact) mass is 129 g/mol. The Hall–Kier alpha value is -0.120. The molecule has 2 fully saturated rings. The molecule has 2 aliphatic rings. The average Bonchev–Trinajstić information content (AvgIpc) is 2.09. The predicted octanol–water partition coefficient (Wildman–Crippen LogP) is -0.279. The Balaban J connectivity index is 1.99. The Kier molecular flexibility index (Phi) is 1.06. The fourth-order valence-corrected chi connectivity index (χ4v) is 1.26. The zero-order valence-corrected chi connectivity index (χ0v) is 5.52. The van der Waals surface area contributed by atoms with Crippen molar-refractivity contribution in [2.45, 2.75) is 18.8 Å². The van der Waals surface area contributed by atoms with Crippen molar-refractivity contribution in [2.24, 2.45) is 0 Å². The van der Waals surface area contributed by atoms with Crippen LogP contribution in [0.5, 0.6) is 0 Å². The van der Waals surface area contributed by atoms with Crippen LogP contribution in [0, 0.1) is 0 Å². The number of ether oxygens (including phenoxy) is 2. The van der Waals surface area contributed by atoms with Gasteiger partial charge >= 0.3 is 0 Å². The summed E-state index contributed by atoms with van der Waals surface area (Å²) in [5.41, 5.74) is -0.0839. The van der Waals surface area contributed by atoms with E-state index in [-0.39, 0.29) is 5.72 Å². The molecular formula is C6H11NO2. The summed E-state index contributed by atoms with van der Waals surface area (Å²) in [7, 11) is 0. The molecule has 0 aromatic carbocycles. The molecule has 0 amide bonds. The second-order valence-electron chi connectivity index (χ2n) is 2.80. The van der Waals surface area contributed by atoms with Crippen LogP contribution in [0.4, 0.5) is 0 Å². The van der Waals surface area contributed by atoms with E-state index in [1.165, 1.54) is 0 Å². The summed E-state index contributed by atoms with van der Waals surface area (Å²) in [6.45, 7) is 4.47. The van der Waals surface area contributed by atoms with E-state index in [2.05, 4.69) is 12.2 Å². The molecule has 0 saturated carbocycles. The fourth-order valence-electron chi connectivity index (χ4n) is 1.26. The first-order valence-corrected chi connectivity index (χ1v) is 3.31. The summed E-state index contributed by atoms with van der Waals surface area (Å²) in [5.74, 6) is 0. The van der Waals surface area contributed by atoms with Crippen LogP contribution in [-0.2, 0) is 9.47 Å². The molecule has 0 bridgehead atoms. The van der Waals surface area contributed by atoms with E-state index in [9.17, 15) is 0 Å². The summed E-state index contributed by atoms with van der Waals surface area (Å²) in [5, 5.41) is 3.27. The Morgan fingerprint density at radius 1 is 1.56 bits per heavy atom. The average molecular weight is 129 g/mol. The van der Waals surface area contributed by atoms with Gasteiger partial charge in [-0.3, -0.25) is 5.32 Å². The molecule has 3 nitrogen and oxygen atoms in total. The highest BCUT2D eigenvalue weighted by Crippen LogP contribution is 2.24. The molecule has 0 aromatic rings. The topological polar surface area (TPSA) is 30.5 Å². The molecule has 1 atom stereocenters. The van der Waals surface area contributed by atoms with Gasteiger partial charge in [0, 0.05) is 6.54 Å². The minimum Gasteiger partial charge on any atom is -0.372 e. The van der Waals surface area contributed by atoms with E-state index in [1.54, 1.807) is 0 Å². The van der Waals surface area contributed by atoms with Crippen molar-refractivity contribution in [3.05, 3.63) is 0 Å². The minimum atomic E-state index is -0.0839. The lowest BCUT2D eigenvalue weighted by Gasteiger charge is -2.36. The molecule has 2 aliphatic heterocycles. The number of rotatable bonds is 0. The lowest BCUT2D eigenvalue weighted by atomic mass is 10.2. The number of hydrogen-bond donors (Lipinski definition) is 1. The van der Waals surface area contributed by atoms with Crippen molar-refractivity contribution in [2.75, 3.05) is 19.8 Å². The third kappa shape index (κ3) is 0.764. The van der Waals surface area contributed by atoms with Gasteiger partial charge in [-0.05, 0) is 6.92 Å². The van der Waals surface area contributed by atoms with Gasteiger partial charge in [0.15, 0.2) is 5.72 Å². The van der Waals surface area contributed by atoms with Crippen LogP contribution in [0.3, 0.4) is 0 Å². The smallest absolute Gasteiger partial charge is 0.166 e. The first-order chi connectivity index (χ1) is 4.31. The van der Waals surface area contributed by atoms with E-state index in [0.29, 0.717) is 6.10 Å². The molecular weight excluding hydrogens is 118 g/mol. The maximum atomic E-state index is 5.55. The molecule has 1 N–H and O–H groups in total. The lowest BCUT2D eigenvalue weighted by molar-refractivity contribution is -0.207. The summed E-state index contributed by atoms with van der Waals surface area (Å²) in [6, 6.07) is 0. The molecule has 2 heterocycles. The molecule has 9 heavy (non-hydrogen) atoms. The molecule has 0 aliphatic carbocycles. The fraction of sp³-hybridized carbons (Fsp3) is 1.00. The van der Waals surface area contributed by atoms with Crippen molar-refractivity contribution >= 4 is 0 Å². The van der Waals surface area contributed by atoms with Crippen LogP contribution in [0.2, 0.25) is 0 Å². The number of hydrogen-bond acceptors (Lipinski definition) is 3. The van der Waals surface area contributed by atoms with Crippen LogP contribution >= 0.6 is 0 Å². The molecule has 1 unspecified atom stereocenters. The molecule has 2 saturated heterocycles. The van der Waals surface area contributed by atoms with Crippen molar-refractivity contribution < 1.29 is 9.47 Å². The zero-order chi connectivity index (χ0) is 6.32. The molecule has 1 spiro atoms. The SMILES string of the molecule is CC1CNC2(COC2)O1. The molecule has 0 radical (unpaired) electrons. The van der Waals surface area contributed by atoms with Gasteiger partial charge in [-0.25, -0.2) is 0 Å². The van der Waals surface area contributed by atoms with Crippen LogP contribution in [0.25, 0.3) is 0 Å². The molecule has 52 valence electrons. The predicted molar refractivity (Wildman–Crippen MR) is 32.1 cm³/mol. The van der Waals surface area contributed by atoms with Crippen LogP contribution in [0.1, 0.15) is 6.92 Å². The maximum absolute atomic E-state index is 5.55. The second kappa shape index (κ2) is 1.68. The highest BCUT2D eigenvalue weighted by molar-refractivity contribution is 4.91. The van der Waals surface area contributed by atoms with E-state index in [4.69, 9.17) is 9.47 Å². The van der Waals surface area contributed by atoms with E-state index in [1.807, 2.05) is 0 Å². The molecule has 0 aromatic heterocycles. The Morgan fingerprint density at radius 3 is 2.56 bits per heavy atom. The van der Waals surface area contributed by atoms with E-state index < -0.39 is 0 Å². The van der Waals surface area contributed by atoms with Crippen molar-refractivity contribution in [3.8, 4) is 0 Å². The lowest BCUT2D eigenvalue weighted by Crippen LogP contribution is -2.57. The third-order valence-corrected chi connectivity index (χ3v) is 1.81. The van der Waals surface area contributed by atoms with Crippen LogP contribution < -0.4 is 5.32 Å². The van der Waals surface area contributed by atoms with Gasteiger partial charge < -0.3 is 9.47 Å². The van der Waals surface area contributed by atoms with E-state index >= 15 is 0 Å². The standard InChI is InChI=1S/C6H11NO2/c1-5-2-7-6(9-5)3-8-4-6/h5,7H,2-4H2,1H3. The highest BCUT2D eigenvalue weighted by Gasteiger charge is 2.44. The Bertz CT molecular complexity index is 122. The Morgan fingerprint density at radius 2 is 2.33 bits per heavy atom. The van der Waals surface area contributed by atoms with Gasteiger partial charge in [-0.1, -0.05) is 0 Å². The molecule has 3 heteroatoms. The zero-order valence-electron chi connectivity index (χ0n) is 5.52. The first-order valence-electron chi connectivity index (χ1n) is 3.31. The quantitative estimate of drug-likeness (QED) is 0.488. The van der Waals surface area contributed by atoms with Gasteiger partial charge in [0.05, 0.1) is 19.3 Å². The van der Waals surface area contributed by atoms with E-state index in [0.717, 1.165) is 19.8 Å². The minimum absolute atomic E-state index is 0.0839.